The first-order chi connectivity index (χ1) is 10.9. The van der Waals surface area contributed by atoms with E-state index < -0.39 is 5.60 Å². The van der Waals surface area contributed by atoms with Gasteiger partial charge in [0.1, 0.15) is 13.2 Å². The maximum Gasteiger partial charge on any atom is 0.307 e. The molecule has 2 rings (SSSR count). The topological polar surface area (TPSA) is 48.0 Å². The summed E-state index contributed by atoms with van der Waals surface area (Å²) < 4.78 is 16.1. The Labute approximate surface area is 139 Å². The zero-order valence-corrected chi connectivity index (χ0v) is 14.7. The molecule has 0 aliphatic carbocycles. The summed E-state index contributed by atoms with van der Waals surface area (Å²) in [5.74, 6) is 6.09. The maximum absolute atomic E-state index is 12.0. The van der Waals surface area contributed by atoms with Gasteiger partial charge in [-0.05, 0) is 46.1 Å². The fourth-order valence-electron chi connectivity index (χ4n) is 2.44. The number of hydrogen-bond donors (Lipinski definition) is 0. The number of carbonyl (C=O) groups excluding carboxylic acids is 1. The Morgan fingerprint density at radius 1 is 1.17 bits per heavy atom. The largest absolute Gasteiger partial charge is 0.441 e. The van der Waals surface area contributed by atoms with Gasteiger partial charge < -0.3 is 14.2 Å². The van der Waals surface area contributed by atoms with Crippen LogP contribution in [0.4, 0.5) is 0 Å². The molecule has 0 saturated carbocycles. The first kappa shape index (κ1) is 18.3. The van der Waals surface area contributed by atoms with Crippen LogP contribution in [0.25, 0.3) is 0 Å². The van der Waals surface area contributed by atoms with Gasteiger partial charge in [0, 0.05) is 24.9 Å². The molecule has 130 valence electrons. The zero-order chi connectivity index (χ0) is 16.8. The van der Waals surface area contributed by atoms with Crippen molar-refractivity contribution in [3.05, 3.63) is 0 Å². The van der Waals surface area contributed by atoms with E-state index in [1.54, 1.807) is 0 Å². The third-order valence-electron chi connectivity index (χ3n) is 3.85. The number of rotatable bonds is 6. The molecule has 0 spiro atoms. The molecule has 0 bridgehead atoms. The molecule has 2 saturated heterocycles. The van der Waals surface area contributed by atoms with Gasteiger partial charge in [0.15, 0.2) is 0 Å². The van der Waals surface area contributed by atoms with Crippen molar-refractivity contribution in [1.29, 1.82) is 0 Å². The van der Waals surface area contributed by atoms with E-state index in [9.17, 15) is 4.79 Å². The average Bonchev–Trinajstić information content (AvgIpc) is 2.46. The van der Waals surface area contributed by atoms with Gasteiger partial charge in [0.25, 0.3) is 0 Å². The van der Waals surface area contributed by atoms with Crippen molar-refractivity contribution in [2.75, 3.05) is 46.1 Å². The first-order valence-electron chi connectivity index (χ1n) is 8.53. The second-order valence-corrected chi connectivity index (χ2v) is 7.37. The molecule has 0 aromatic carbocycles. The van der Waals surface area contributed by atoms with Crippen LogP contribution in [-0.2, 0) is 19.0 Å². The van der Waals surface area contributed by atoms with Gasteiger partial charge in [-0.25, -0.2) is 0 Å². The molecule has 2 aliphatic heterocycles. The molecular weight excluding hydrogens is 294 g/mol. The van der Waals surface area contributed by atoms with Gasteiger partial charge in [-0.1, -0.05) is 5.92 Å². The van der Waals surface area contributed by atoms with Crippen molar-refractivity contribution in [3.8, 4) is 11.8 Å². The molecule has 0 radical (unpaired) electrons. The number of unbranched alkanes of at least 4 members (excludes halogenated alkanes) is 1. The van der Waals surface area contributed by atoms with Crippen molar-refractivity contribution in [3.63, 3.8) is 0 Å². The molecule has 0 amide bonds. The molecular formula is C18H29NO4. The van der Waals surface area contributed by atoms with Gasteiger partial charge in [-0.15, -0.1) is 0 Å². The van der Waals surface area contributed by atoms with Gasteiger partial charge in [-0.2, -0.15) is 0 Å². The van der Waals surface area contributed by atoms with Crippen LogP contribution in [0.1, 0.15) is 40.0 Å². The van der Waals surface area contributed by atoms with E-state index in [2.05, 4.69) is 16.7 Å². The Bertz CT molecular complexity index is 448. The quantitative estimate of drug-likeness (QED) is 0.424. The summed E-state index contributed by atoms with van der Waals surface area (Å²) in [6, 6.07) is 0. The maximum atomic E-state index is 12.0. The summed E-state index contributed by atoms with van der Waals surface area (Å²) in [7, 11) is 0. The standard InChI is InChI=1S/C18H29NO4/c1-17(2,3)7-8-18(14-22-15-18)23-16(20)6-4-5-9-19-10-12-21-13-11-19/h4-6,9-15H2,1-3H3. The van der Waals surface area contributed by atoms with E-state index in [0.717, 1.165) is 45.7 Å². The Kier molecular flexibility index (Phi) is 6.46. The summed E-state index contributed by atoms with van der Waals surface area (Å²) in [5.41, 5.74) is -0.818. The third-order valence-corrected chi connectivity index (χ3v) is 3.85. The number of ether oxygens (including phenoxy) is 3. The lowest BCUT2D eigenvalue weighted by atomic mass is 9.94. The van der Waals surface area contributed by atoms with E-state index in [4.69, 9.17) is 14.2 Å². The minimum atomic E-state index is -0.714. The summed E-state index contributed by atoms with van der Waals surface area (Å²) in [5, 5.41) is 0. The molecule has 2 heterocycles. The van der Waals surface area contributed by atoms with E-state index in [1.807, 2.05) is 20.8 Å². The van der Waals surface area contributed by atoms with Crippen molar-refractivity contribution in [2.45, 2.75) is 45.6 Å². The fraction of sp³-hybridized carbons (Fsp3) is 0.833. The lowest BCUT2D eigenvalue weighted by Crippen LogP contribution is -2.52. The van der Waals surface area contributed by atoms with Gasteiger partial charge in [0.2, 0.25) is 5.60 Å². The number of hydrogen-bond acceptors (Lipinski definition) is 5. The lowest BCUT2D eigenvalue weighted by Gasteiger charge is -2.36. The number of morpholine rings is 1. The van der Waals surface area contributed by atoms with Crippen molar-refractivity contribution >= 4 is 5.97 Å². The van der Waals surface area contributed by atoms with Crippen LogP contribution in [0.15, 0.2) is 0 Å². The Morgan fingerprint density at radius 3 is 2.43 bits per heavy atom. The zero-order valence-electron chi connectivity index (χ0n) is 14.7. The molecule has 0 aromatic heterocycles. The predicted octanol–water partition coefficient (Wildman–Crippen LogP) is 1.85. The second-order valence-electron chi connectivity index (χ2n) is 7.37. The van der Waals surface area contributed by atoms with Crippen LogP contribution in [0.2, 0.25) is 0 Å². The average molecular weight is 323 g/mol. The molecule has 5 nitrogen and oxygen atoms in total. The summed E-state index contributed by atoms with van der Waals surface area (Å²) in [6.45, 7) is 11.5. The molecule has 2 aliphatic rings. The number of carbonyl (C=O) groups is 1. The van der Waals surface area contributed by atoms with Crippen LogP contribution in [-0.4, -0.2) is 62.5 Å². The predicted molar refractivity (Wildman–Crippen MR) is 88.0 cm³/mol. The lowest BCUT2D eigenvalue weighted by molar-refractivity contribution is -0.192. The minimum Gasteiger partial charge on any atom is -0.441 e. The smallest absolute Gasteiger partial charge is 0.307 e. The first-order valence-corrected chi connectivity index (χ1v) is 8.53. The van der Waals surface area contributed by atoms with Crippen LogP contribution in [0.3, 0.4) is 0 Å². The van der Waals surface area contributed by atoms with Gasteiger partial charge in [-0.3, -0.25) is 9.69 Å². The minimum absolute atomic E-state index is 0.104. The van der Waals surface area contributed by atoms with Crippen molar-refractivity contribution < 1.29 is 19.0 Å². The SMILES string of the molecule is CC(C)(C)C#CC1(OC(=O)CCCCN2CCOCC2)COC1. The molecule has 0 atom stereocenters. The van der Waals surface area contributed by atoms with E-state index in [0.29, 0.717) is 19.6 Å². The summed E-state index contributed by atoms with van der Waals surface area (Å²) in [6.07, 6.45) is 2.30. The Balaban J connectivity index is 1.67. The Hall–Kier alpha value is -1.09. The van der Waals surface area contributed by atoms with Crippen molar-refractivity contribution in [2.24, 2.45) is 5.41 Å². The molecule has 0 N–H and O–H groups in total. The highest BCUT2D eigenvalue weighted by Gasteiger charge is 2.41. The highest BCUT2D eigenvalue weighted by Crippen LogP contribution is 2.23. The number of nitrogens with zero attached hydrogens (tertiary/aromatic N) is 1. The highest BCUT2D eigenvalue weighted by atomic mass is 16.6. The van der Waals surface area contributed by atoms with E-state index in [1.165, 1.54) is 0 Å². The Morgan fingerprint density at radius 2 is 1.87 bits per heavy atom. The van der Waals surface area contributed by atoms with E-state index in [-0.39, 0.29) is 11.4 Å². The van der Waals surface area contributed by atoms with Crippen LogP contribution < -0.4 is 0 Å². The molecule has 0 unspecified atom stereocenters. The van der Waals surface area contributed by atoms with Crippen LogP contribution in [0.5, 0.6) is 0 Å². The third kappa shape index (κ3) is 6.50. The number of esters is 1. The molecule has 5 heteroatoms. The molecule has 0 aromatic rings. The van der Waals surface area contributed by atoms with Gasteiger partial charge >= 0.3 is 5.97 Å². The van der Waals surface area contributed by atoms with Crippen LogP contribution in [0, 0.1) is 17.3 Å². The highest BCUT2D eigenvalue weighted by molar-refractivity contribution is 5.70. The van der Waals surface area contributed by atoms with Crippen LogP contribution >= 0.6 is 0 Å². The van der Waals surface area contributed by atoms with Gasteiger partial charge in [0.05, 0.1) is 13.2 Å². The normalized spacial score (nSPS) is 21.0. The summed E-state index contributed by atoms with van der Waals surface area (Å²) in [4.78, 5) is 14.4. The monoisotopic (exact) mass is 323 g/mol. The summed E-state index contributed by atoms with van der Waals surface area (Å²) >= 11 is 0. The fourth-order valence-corrected chi connectivity index (χ4v) is 2.44. The molecule has 2 fully saturated rings. The van der Waals surface area contributed by atoms with E-state index >= 15 is 0 Å². The van der Waals surface area contributed by atoms with Crippen molar-refractivity contribution in [1.82, 2.24) is 4.90 Å². The second kappa shape index (κ2) is 8.14. The molecule has 23 heavy (non-hydrogen) atoms.